The van der Waals surface area contributed by atoms with Crippen molar-refractivity contribution in [3.63, 3.8) is 0 Å². The summed E-state index contributed by atoms with van der Waals surface area (Å²) in [6, 6.07) is 14.8. The van der Waals surface area contributed by atoms with E-state index in [0.29, 0.717) is 43.4 Å². The topological polar surface area (TPSA) is 120 Å². The Hall–Kier alpha value is -4.70. The van der Waals surface area contributed by atoms with Crippen LogP contribution in [0.25, 0.3) is 17.4 Å². The van der Waals surface area contributed by atoms with Crippen molar-refractivity contribution < 1.29 is 28.6 Å². The Balaban J connectivity index is 1.60. The zero-order valence-electron chi connectivity index (χ0n) is 22.3. The molecule has 2 aromatic heterocycles. The third kappa shape index (κ3) is 4.89. The lowest BCUT2D eigenvalue weighted by atomic mass is 9.96. The number of furan rings is 1. The summed E-state index contributed by atoms with van der Waals surface area (Å²) < 4.78 is 18.5. The summed E-state index contributed by atoms with van der Waals surface area (Å²) >= 11 is 1.20. The van der Waals surface area contributed by atoms with Gasteiger partial charge in [-0.2, -0.15) is 0 Å². The molecule has 0 saturated heterocycles. The van der Waals surface area contributed by atoms with Gasteiger partial charge in [-0.3, -0.25) is 9.36 Å². The summed E-state index contributed by atoms with van der Waals surface area (Å²) in [5.41, 5.74) is 2.87. The average molecular weight is 559 g/mol. The second kappa shape index (κ2) is 10.8. The van der Waals surface area contributed by atoms with Crippen molar-refractivity contribution in [2.45, 2.75) is 26.8 Å². The van der Waals surface area contributed by atoms with Gasteiger partial charge in [0.25, 0.3) is 5.56 Å². The summed E-state index contributed by atoms with van der Waals surface area (Å²) in [5, 5.41) is 9.24. The highest BCUT2D eigenvalue weighted by Crippen LogP contribution is 2.32. The Labute approximate surface area is 232 Å². The molecule has 0 spiro atoms. The second-order valence-electron chi connectivity index (χ2n) is 9.11. The van der Waals surface area contributed by atoms with Crippen LogP contribution < -0.4 is 19.6 Å². The Bertz CT molecular complexity index is 1840. The fraction of sp³-hybridized carbons (Fsp3) is 0.200. The molecule has 40 heavy (non-hydrogen) atoms. The van der Waals surface area contributed by atoms with Gasteiger partial charge in [0.05, 0.1) is 41.1 Å². The SMILES string of the molecule is CCOC(=O)C1=C(C)N=c2sc(=Cc3ccc(-c4ccc(C(=O)O)cc4C)o3)c(=O)n2[C@@H]1c1ccc(OC)cc1. The molecule has 0 radical (unpaired) electrons. The Morgan fingerprint density at radius 1 is 1.12 bits per heavy atom. The van der Waals surface area contributed by atoms with E-state index in [1.807, 2.05) is 19.1 Å². The quantitative estimate of drug-likeness (QED) is 0.340. The Morgan fingerprint density at radius 2 is 1.88 bits per heavy atom. The van der Waals surface area contributed by atoms with E-state index in [0.717, 1.165) is 11.1 Å². The molecule has 9 nitrogen and oxygen atoms in total. The standard InChI is InChI=1S/C30H26N2O7S/c1-5-38-29(36)25-17(3)31-30-32(26(25)18-6-9-20(37-4)10-7-18)27(33)24(40-30)15-21-11-13-23(39-21)22-12-8-19(28(34)35)14-16(22)2/h6-15,26H,5H2,1-4H3,(H,34,35)/t26-/m1/s1. The fourth-order valence-corrected chi connectivity index (χ4v) is 5.70. The second-order valence-corrected chi connectivity index (χ2v) is 10.1. The lowest BCUT2D eigenvalue weighted by Gasteiger charge is -2.24. The molecule has 1 atom stereocenters. The smallest absolute Gasteiger partial charge is 0.338 e. The number of aromatic nitrogens is 1. The van der Waals surface area contributed by atoms with Gasteiger partial charge in [-0.05, 0) is 68.3 Å². The summed E-state index contributed by atoms with van der Waals surface area (Å²) in [6.07, 6.45) is 1.64. The molecule has 0 aliphatic carbocycles. The van der Waals surface area contributed by atoms with Crippen molar-refractivity contribution in [2.24, 2.45) is 4.99 Å². The molecule has 1 N–H and O–H groups in total. The molecule has 0 saturated carbocycles. The van der Waals surface area contributed by atoms with E-state index < -0.39 is 18.0 Å². The number of esters is 1. The van der Waals surface area contributed by atoms with Gasteiger partial charge in [-0.15, -0.1) is 0 Å². The molecule has 5 rings (SSSR count). The van der Waals surface area contributed by atoms with Crippen molar-refractivity contribution in [1.82, 2.24) is 4.57 Å². The van der Waals surface area contributed by atoms with Crippen LogP contribution in [-0.4, -0.2) is 35.3 Å². The van der Waals surface area contributed by atoms with Crippen LogP contribution in [-0.2, 0) is 9.53 Å². The van der Waals surface area contributed by atoms with Crippen LogP contribution in [0, 0.1) is 6.92 Å². The number of nitrogens with zero attached hydrogens (tertiary/aromatic N) is 2. The van der Waals surface area contributed by atoms with Gasteiger partial charge in [-0.25, -0.2) is 14.6 Å². The first-order chi connectivity index (χ1) is 19.2. The minimum absolute atomic E-state index is 0.189. The molecule has 1 aliphatic rings. The number of fused-ring (bicyclic) bond motifs is 1. The van der Waals surface area contributed by atoms with Crippen LogP contribution in [0.2, 0.25) is 0 Å². The molecule has 0 fully saturated rings. The highest BCUT2D eigenvalue weighted by molar-refractivity contribution is 7.07. The number of aryl methyl sites for hydroxylation is 1. The molecule has 0 bridgehead atoms. The number of ether oxygens (including phenoxy) is 2. The number of rotatable bonds is 7. The third-order valence-corrected chi connectivity index (χ3v) is 7.57. The predicted octanol–water partition coefficient (Wildman–Crippen LogP) is 4.07. The molecule has 2 aromatic carbocycles. The van der Waals surface area contributed by atoms with Gasteiger partial charge in [0, 0.05) is 11.6 Å². The van der Waals surface area contributed by atoms with Gasteiger partial charge in [0.1, 0.15) is 17.3 Å². The molecule has 10 heteroatoms. The van der Waals surface area contributed by atoms with Crippen molar-refractivity contribution in [2.75, 3.05) is 13.7 Å². The molecule has 204 valence electrons. The van der Waals surface area contributed by atoms with E-state index in [1.165, 1.54) is 22.0 Å². The fourth-order valence-electron chi connectivity index (χ4n) is 4.67. The van der Waals surface area contributed by atoms with Gasteiger partial charge in [0.2, 0.25) is 0 Å². The first-order valence-corrected chi connectivity index (χ1v) is 13.3. The number of carbonyl (C=O) groups is 2. The lowest BCUT2D eigenvalue weighted by Crippen LogP contribution is -2.39. The third-order valence-electron chi connectivity index (χ3n) is 6.59. The van der Waals surface area contributed by atoms with E-state index in [9.17, 15) is 19.5 Å². The van der Waals surface area contributed by atoms with Crippen LogP contribution in [0.5, 0.6) is 5.75 Å². The molecular weight excluding hydrogens is 532 g/mol. The van der Waals surface area contributed by atoms with Gasteiger partial charge in [-0.1, -0.05) is 29.5 Å². The number of carboxylic acid groups (broad SMARTS) is 1. The van der Waals surface area contributed by atoms with Crippen LogP contribution in [0.3, 0.4) is 0 Å². The first-order valence-electron chi connectivity index (χ1n) is 12.5. The normalized spacial score (nSPS) is 15.0. The van der Waals surface area contributed by atoms with E-state index >= 15 is 0 Å². The number of hydrogen-bond acceptors (Lipinski definition) is 8. The number of allylic oxidation sites excluding steroid dienone is 1. The first kappa shape index (κ1) is 26.9. The van der Waals surface area contributed by atoms with Crippen molar-refractivity contribution in [1.29, 1.82) is 0 Å². The number of methoxy groups -OCH3 is 1. The molecule has 3 heterocycles. The summed E-state index contributed by atoms with van der Waals surface area (Å²) in [5.74, 6) is 0.114. The lowest BCUT2D eigenvalue weighted by molar-refractivity contribution is -0.139. The number of benzene rings is 2. The van der Waals surface area contributed by atoms with Crippen molar-refractivity contribution in [3.8, 4) is 17.1 Å². The zero-order valence-corrected chi connectivity index (χ0v) is 23.1. The number of aromatic carboxylic acids is 1. The number of thiazole rings is 1. The van der Waals surface area contributed by atoms with E-state index in [1.54, 1.807) is 63.4 Å². The molecule has 1 aliphatic heterocycles. The number of carbonyl (C=O) groups excluding carboxylic acids is 1. The Kier molecular flexibility index (Phi) is 7.27. The van der Waals surface area contributed by atoms with Crippen LogP contribution >= 0.6 is 11.3 Å². The van der Waals surface area contributed by atoms with E-state index in [4.69, 9.17) is 13.9 Å². The minimum Gasteiger partial charge on any atom is -0.497 e. The predicted molar refractivity (Wildman–Crippen MR) is 149 cm³/mol. The number of carboxylic acids is 1. The number of hydrogen-bond donors (Lipinski definition) is 1. The summed E-state index contributed by atoms with van der Waals surface area (Å²) in [4.78, 5) is 43.1. The maximum atomic E-state index is 13.8. The minimum atomic E-state index is -1.00. The summed E-state index contributed by atoms with van der Waals surface area (Å²) in [7, 11) is 1.57. The van der Waals surface area contributed by atoms with Crippen LogP contribution in [0.4, 0.5) is 0 Å². The highest BCUT2D eigenvalue weighted by atomic mass is 32.1. The Morgan fingerprint density at radius 3 is 2.52 bits per heavy atom. The summed E-state index contributed by atoms with van der Waals surface area (Å²) in [6.45, 7) is 5.46. The van der Waals surface area contributed by atoms with Gasteiger partial charge in [0.15, 0.2) is 4.80 Å². The van der Waals surface area contributed by atoms with Gasteiger partial charge >= 0.3 is 11.9 Å². The maximum Gasteiger partial charge on any atom is 0.338 e. The largest absolute Gasteiger partial charge is 0.497 e. The highest BCUT2D eigenvalue weighted by Gasteiger charge is 2.33. The van der Waals surface area contributed by atoms with E-state index in [2.05, 4.69) is 4.99 Å². The van der Waals surface area contributed by atoms with Crippen LogP contribution in [0.15, 0.2) is 80.1 Å². The molecular formula is C30H26N2O7S. The van der Waals surface area contributed by atoms with Gasteiger partial charge < -0.3 is 19.0 Å². The monoisotopic (exact) mass is 558 g/mol. The average Bonchev–Trinajstić information content (AvgIpc) is 3.52. The van der Waals surface area contributed by atoms with Crippen LogP contribution in [0.1, 0.15) is 47.1 Å². The maximum absolute atomic E-state index is 13.8. The van der Waals surface area contributed by atoms with Crippen molar-refractivity contribution >= 4 is 29.4 Å². The van der Waals surface area contributed by atoms with Crippen molar-refractivity contribution in [3.05, 3.63) is 108 Å². The zero-order chi connectivity index (χ0) is 28.6. The molecule has 0 amide bonds. The molecule has 0 unspecified atom stereocenters. The van der Waals surface area contributed by atoms with E-state index in [-0.39, 0.29) is 17.7 Å². The molecule has 4 aromatic rings.